The molecule has 0 bridgehead atoms. The van der Waals surface area contributed by atoms with Crippen LogP contribution in [0.15, 0.2) is 23.0 Å². The fourth-order valence-corrected chi connectivity index (χ4v) is 0.803. The Morgan fingerprint density at radius 1 is 1.30 bits per heavy atom. The van der Waals surface area contributed by atoms with Crippen LogP contribution >= 0.6 is 0 Å². The zero-order chi connectivity index (χ0) is 6.97. The van der Waals surface area contributed by atoms with Crippen LogP contribution in [0.2, 0.25) is 0 Å². The van der Waals surface area contributed by atoms with E-state index in [-0.39, 0.29) is 5.95 Å². The first kappa shape index (κ1) is 5.22. The summed E-state index contributed by atoms with van der Waals surface area (Å²) in [5.41, 5.74) is 6.79. The molecular weight excluding hydrogens is 130 g/mol. The standard InChI is InChI=1S/C6H5N3O/c7-6-8-4-1-2-10-3-5(4)9-6/h1-3H,(H2,7,9). The number of fused-ring (bicyclic) bond motifs is 1. The van der Waals surface area contributed by atoms with Crippen LogP contribution in [-0.4, -0.2) is 9.97 Å². The van der Waals surface area contributed by atoms with Gasteiger partial charge in [-0.05, 0) is 0 Å². The van der Waals surface area contributed by atoms with Crippen molar-refractivity contribution in [1.29, 1.82) is 0 Å². The molecule has 0 aliphatic carbocycles. The maximum Gasteiger partial charge on any atom is 0.221 e. The minimum Gasteiger partial charge on any atom is -0.470 e. The highest BCUT2D eigenvalue weighted by molar-refractivity contribution is 5.56. The Balaban J connectivity index is 2.76. The average molecular weight is 135 g/mol. The topological polar surface area (TPSA) is 64.9 Å². The van der Waals surface area contributed by atoms with E-state index in [0.717, 1.165) is 5.69 Å². The summed E-state index contributed by atoms with van der Waals surface area (Å²) in [6, 6.07) is 1.72. The Morgan fingerprint density at radius 3 is 2.90 bits per heavy atom. The number of aromatic nitrogens is 2. The van der Waals surface area contributed by atoms with E-state index in [2.05, 4.69) is 9.97 Å². The monoisotopic (exact) mass is 135 g/mol. The third-order valence-electron chi connectivity index (χ3n) is 1.22. The van der Waals surface area contributed by atoms with E-state index in [4.69, 9.17) is 10.2 Å². The molecule has 0 saturated carbocycles. The van der Waals surface area contributed by atoms with Gasteiger partial charge in [-0.3, -0.25) is 0 Å². The molecule has 2 N–H and O–H groups in total. The summed E-state index contributed by atoms with van der Waals surface area (Å²) in [4.78, 5) is 7.81. The van der Waals surface area contributed by atoms with Crippen LogP contribution in [0, 0.1) is 0 Å². The number of hydrogen-bond donors (Lipinski definition) is 1. The summed E-state index contributed by atoms with van der Waals surface area (Å²) in [5.74, 6) is 0.288. The molecule has 0 radical (unpaired) electrons. The second kappa shape index (κ2) is 1.70. The zero-order valence-corrected chi connectivity index (χ0v) is 5.11. The molecule has 0 spiro atoms. The van der Waals surface area contributed by atoms with Gasteiger partial charge in [-0.25, -0.2) is 9.97 Å². The number of hydrogen-bond acceptors (Lipinski definition) is 4. The Bertz CT molecular complexity index is 287. The fraction of sp³-hybridized carbons (Fsp3) is 0. The molecule has 0 saturated heterocycles. The van der Waals surface area contributed by atoms with Crippen molar-refractivity contribution in [2.24, 2.45) is 0 Å². The number of imidazole rings is 1. The van der Waals surface area contributed by atoms with Crippen molar-refractivity contribution >= 4 is 5.95 Å². The molecule has 4 heteroatoms. The molecule has 0 amide bonds. The fourth-order valence-electron chi connectivity index (χ4n) is 0.803. The average Bonchev–Trinajstić information content (AvgIpc) is 2.27. The van der Waals surface area contributed by atoms with Gasteiger partial charge >= 0.3 is 0 Å². The Kier molecular flexibility index (Phi) is 0.887. The van der Waals surface area contributed by atoms with Gasteiger partial charge in [-0.1, -0.05) is 0 Å². The van der Waals surface area contributed by atoms with E-state index in [1.54, 1.807) is 6.07 Å². The highest BCUT2D eigenvalue weighted by Gasteiger charge is 2.06. The van der Waals surface area contributed by atoms with E-state index >= 15 is 0 Å². The molecule has 2 aliphatic rings. The summed E-state index contributed by atoms with van der Waals surface area (Å²) in [6.07, 6.45) is 3.05. The van der Waals surface area contributed by atoms with Crippen LogP contribution in [0.5, 0.6) is 0 Å². The smallest absolute Gasteiger partial charge is 0.221 e. The van der Waals surface area contributed by atoms with E-state index in [9.17, 15) is 0 Å². The molecule has 50 valence electrons. The number of nitrogen functional groups attached to an aromatic ring is 1. The van der Waals surface area contributed by atoms with Crippen LogP contribution in [0.3, 0.4) is 0 Å². The van der Waals surface area contributed by atoms with Gasteiger partial charge in [0.25, 0.3) is 0 Å². The Hall–Kier alpha value is -1.58. The summed E-state index contributed by atoms with van der Waals surface area (Å²) in [6.45, 7) is 0. The van der Waals surface area contributed by atoms with Crippen molar-refractivity contribution in [2.45, 2.75) is 0 Å². The molecule has 2 heterocycles. The molecule has 0 atom stereocenters. The lowest BCUT2D eigenvalue weighted by Crippen LogP contribution is -1.83. The van der Waals surface area contributed by atoms with Gasteiger partial charge in [0, 0.05) is 6.07 Å². The normalized spacial score (nSPS) is 10.4. The third kappa shape index (κ3) is 0.621. The van der Waals surface area contributed by atoms with Gasteiger partial charge in [0.05, 0.1) is 12.0 Å². The first-order chi connectivity index (χ1) is 4.86. The largest absolute Gasteiger partial charge is 0.470 e. The van der Waals surface area contributed by atoms with Crippen molar-refractivity contribution in [1.82, 2.24) is 9.97 Å². The summed E-state index contributed by atoms with van der Waals surface area (Å²) in [7, 11) is 0. The molecule has 0 aromatic rings. The lowest BCUT2D eigenvalue weighted by Gasteiger charge is -1.87. The van der Waals surface area contributed by atoms with Crippen LogP contribution in [0.4, 0.5) is 5.95 Å². The second-order valence-corrected chi connectivity index (χ2v) is 1.91. The minimum atomic E-state index is 0.288. The molecule has 0 aromatic heterocycles. The number of nitrogens with two attached hydrogens (primary N) is 1. The van der Waals surface area contributed by atoms with Crippen LogP contribution in [0.1, 0.15) is 0 Å². The van der Waals surface area contributed by atoms with Gasteiger partial charge < -0.3 is 10.2 Å². The van der Waals surface area contributed by atoms with Crippen LogP contribution in [-0.2, 0) is 0 Å². The Morgan fingerprint density at radius 2 is 2.10 bits per heavy atom. The molecule has 0 aromatic carbocycles. The SMILES string of the molecule is Nc1nc2ccocc-2n1. The quantitative estimate of drug-likeness (QED) is 0.579. The van der Waals surface area contributed by atoms with Crippen LogP contribution in [0.25, 0.3) is 11.4 Å². The number of nitrogens with zero attached hydrogens (tertiary/aromatic N) is 2. The molecule has 10 heavy (non-hydrogen) atoms. The molecule has 2 rings (SSSR count). The van der Waals surface area contributed by atoms with Gasteiger partial charge in [0.1, 0.15) is 12.0 Å². The van der Waals surface area contributed by atoms with Crippen molar-refractivity contribution in [3.63, 3.8) is 0 Å². The molecule has 2 aliphatic heterocycles. The van der Waals surface area contributed by atoms with Crippen molar-refractivity contribution in [3.05, 3.63) is 18.6 Å². The first-order valence-electron chi connectivity index (χ1n) is 2.82. The predicted octanol–water partition coefficient (Wildman–Crippen LogP) is 0.757. The zero-order valence-electron chi connectivity index (χ0n) is 5.11. The number of rotatable bonds is 0. The lowest BCUT2D eigenvalue weighted by molar-refractivity contribution is 0.550. The molecule has 0 unspecified atom stereocenters. The van der Waals surface area contributed by atoms with Gasteiger partial charge in [0.2, 0.25) is 5.95 Å². The van der Waals surface area contributed by atoms with Gasteiger partial charge in [-0.15, -0.1) is 0 Å². The maximum atomic E-state index is 5.33. The second-order valence-electron chi connectivity index (χ2n) is 1.91. The highest BCUT2D eigenvalue weighted by atomic mass is 16.3. The minimum absolute atomic E-state index is 0.288. The van der Waals surface area contributed by atoms with Crippen molar-refractivity contribution in [3.8, 4) is 11.4 Å². The van der Waals surface area contributed by atoms with Gasteiger partial charge in [-0.2, -0.15) is 0 Å². The van der Waals surface area contributed by atoms with E-state index in [1.807, 2.05) is 0 Å². The molecular formula is C6H5N3O. The predicted molar refractivity (Wildman–Crippen MR) is 35.3 cm³/mol. The summed E-state index contributed by atoms with van der Waals surface area (Å²) < 4.78 is 4.85. The molecule has 4 nitrogen and oxygen atoms in total. The molecule has 0 fully saturated rings. The Labute approximate surface area is 57.0 Å². The van der Waals surface area contributed by atoms with Crippen molar-refractivity contribution in [2.75, 3.05) is 5.73 Å². The van der Waals surface area contributed by atoms with E-state index in [1.165, 1.54) is 12.5 Å². The summed E-state index contributed by atoms with van der Waals surface area (Å²) in [5, 5.41) is 0. The lowest BCUT2D eigenvalue weighted by atomic mass is 10.3. The summed E-state index contributed by atoms with van der Waals surface area (Å²) >= 11 is 0. The van der Waals surface area contributed by atoms with Crippen molar-refractivity contribution < 1.29 is 4.42 Å². The van der Waals surface area contributed by atoms with E-state index < -0.39 is 0 Å². The first-order valence-corrected chi connectivity index (χ1v) is 2.82. The maximum absolute atomic E-state index is 5.33. The van der Waals surface area contributed by atoms with Crippen LogP contribution < -0.4 is 5.73 Å². The number of anilines is 1. The van der Waals surface area contributed by atoms with E-state index in [0.29, 0.717) is 5.69 Å². The van der Waals surface area contributed by atoms with Gasteiger partial charge in [0.15, 0.2) is 0 Å². The third-order valence-corrected chi connectivity index (χ3v) is 1.22. The highest BCUT2D eigenvalue weighted by Crippen LogP contribution is 2.17.